The Hall–Kier alpha value is -2.66. The zero-order valence-electron chi connectivity index (χ0n) is 14.3. The largest absolute Gasteiger partial charge is 0.433 e. The molecule has 0 radical (unpaired) electrons. The highest BCUT2D eigenvalue weighted by Gasteiger charge is 2.34. The van der Waals surface area contributed by atoms with Crippen LogP contribution >= 0.6 is 22.9 Å². The molecule has 0 aliphatic rings. The Morgan fingerprint density at radius 1 is 1.39 bits per heavy atom. The standard InChI is InChI=1S/C16H13ClF3N5O2S/c1-7-4-9(16(18,19)20)23-15-11(7)12(13(28-15)14(21)27)24-10(26)2-3-25-6-8(17)5-22-25/h4-6H,2-3H2,1H3,(H2,21,27)(H,24,26). The zero-order chi connectivity index (χ0) is 20.6. The van der Waals surface area contributed by atoms with Crippen molar-refractivity contribution in [2.24, 2.45) is 5.73 Å². The first kappa shape index (κ1) is 20.1. The molecule has 0 spiro atoms. The van der Waals surface area contributed by atoms with Gasteiger partial charge < -0.3 is 11.1 Å². The Balaban J connectivity index is 1.93. The first-order valence-electron chi connectivity index (χ1n) is 7.85. The first-order valence-corrected chi connectivity index (χ1v) is 9.04. The van der Waals surface area contributed by atoms with E-state index in [9.17, 15) is 22.8 Å². The number of thiophene rings is 1. The molecule has 0 aliphatic heterocycles. The minimum absolute atomic E-state index is 0.000656. The van der Waals surface area contributed by atoms with E-state index >= 15 is 0 Å². The number of nitrogens with two attached hydrogens (primary N) is 1. The minimum Gasteiger partial charge on any atom is -0.365 e. The van der Waals surface area contributed by atoms with Gasteiger partial charge >= 0.3 is 6.18 Å². The zero-order valence-corrected chi connectivity index (χ0v) is 15.9. The van der Waals surface area contributed by atoms with Crippen molar-refractivity contribution in [2.75, 3.05) is 5.32 Å². The fourth-order valence-electron chi connectivity index (χ4n) is 2.60. The molecule has 0 unspecified atom stereocenters. The van der Waals surface area contributed by atoms with Crippen LogP contribution in [0.5, 0.6) is 0 Å². The number of hydrogen-bond donors (Lipinski definition) is 2. The molecule has 28 heavy (non-hydrogen) atoms. The maximum atomic E-state index is 13.0. The van der Waals surface area contributed by atoms with Gasteiger partial charge in [-0.3, -0.25) is 14.3 Å². The van der Waals surface area contributed by atoms with Gasteiger partial charge in [-0.15, -0.1) is 11.3 Å². The van der Waals surface area contributed by atoms with E-state index in [1.165, 1.54) is 24.0 Å². The van der Waals surface area contributed by atoms with E-state index in [0.717, 1.165) is 6.07 Å². The molecule has 0 atom stereocenters. The molecule has 3 N–H and O–H groups in total. The van der Waals surface area contributed by atoms with Gasteiger partial charge in [-0.2, -0.15) is 18.3 Å². The van der Waals surface area contributed by atoms with Crippen LogP contribution in [0.3, 0.4) is 0 Å². The summed E-state index contributed by atoms with van der Waals surface area (Å²) in [4.78, 5) is 27.5. The lowest BCUT2D eigenvalue weighted by Crippen LogP contribution is -2.18. The number of amides is 2. The third kappa shape index (κ3) is 4.09. The minimum atomic E-state index is -4.63. The summed E-state index contributed by atoms with van der Waals surface area (Å²) in [6.07, 6.45) is -1.67. The van der Waals surface area contributed by atoms with E-state index in [0.29, 0.717) is 16.4 Å². The summed E-state index contributed by atoms with van der Waals surface area (Å²) in [5, 5.41) is 7.18. The molecule has 3 heterocycles. The predicted octanol–water partition coefficient (Wildman–Crippen LogP) is 3.60. The number of nitrogens with zero attached hydrogens (tertiary/aromatic N) is 3. The average molecular weight is 432 g/mol. The van der Waals surface area contributed by atoms with E-state index < -0.39 is 23.7 Å². The summed E-state index contributed by atoms with van der Waals surface area (Å²) < 4.78 is 40.5. The van der Waals surface area contributed by atoms with E-state index in [1.54, 1.807) is 0 Å². The molecule has 0 bridgehead atoms. The summed E-state index contributed by atoms with van der Waals surface area (Å²) >= 11 is 6.45. The number of alkyl halides is 3. The van der Waals surface area contributed by atoms with Crippen LogP contribution in [-0.2, 0) is 17.5 Å². The number of rotatable bonds is 5. The van der Waals surface area contributed by atoms with Crippen LogP contribution in [-0.4, -0.2) is 26.6 Å². The van der Waals surface area contributed by atoms with Crippen LogP contribution in [0.1, 0.15) is 27.3 Å². The SMILES string of the molecule is Cc1cc(C(F)(F)F)nc2sc(C(N)=O)c(NC(=O)CCn3cc(Cl)cn3)c12. The highest BCUT2D eigenvalue weighted by atomic mass is 35.5. The molecule has 148 valence electrons. The molecule has 3 rings (SSSR count). The van der Waals surface area contributed by atoms with Gasteiger partial charge in [0.25, 0.3) is 5.91 Å². The highest BCUT2D eigenvalue weighted by Crippen LogP contribution is 2.39. The predicted molar refractivity (Wildman–Crippen MR) is 98.4 cm³/mol. The second-order valence-electron chi connectivity index (χ2n) is 5.89. The molecule has 0 saturated carbocycles. The summed E-state index contributed by atoms with van der Waals surface area (Å²) in [7, 11) is 0. The van der Waals surface area contributed by atoms with E-state index in [1.807, 2.05) is 0 Å². The van der Waals surface area contributed by atoms with Crippen molar-refractivity contribution >= 4 is 50.7 Å². The fraction of sp³-hybridized carbons (Fsp3) is 0.250. The first-order chi connectivity index (χ1) is 13.1. The topological polar surface area (TPSA) is 103 Å². The summed E-state index contributed by atoms with van der Waals surface area (Å²) in [5.74, 6) is -1.33. The maximum absolute atomic E-state index is 13.0. The van der Waals surface area contributed by atoms with E-state index in [4.69, 9.17) is 17.3 Å². The van der Waals surface area contributed by atoms with Gasteiger partial charge in [0.05, 0.1) is 16.9 Å². The third-order valence-corrected chi connectivity index (χ3v) is 5.10. The van der Waals surface area contributed by atoms with Crippen molar-refractivity contribution in [3.63, 3.8) is 0 Å². The lowest BCUT2D eigenvalue weighted by Gasteiger charge is -2.10. The molecule has 2 amide bonds. The number of carbonyl (C=O) groups is 2. The number of primary amides is 1. The fourth-order valence-corrected chi connectivity index (χ4v) is 3.81. The Labute approximate surface area is 165 Å². The Morgan fingerprint density at radius 3 is 2.68 bits per heavy atom. The monoisotopic (exact) mass is 431 g/mol. The lowest BCUT2D eigenvalue weighted by atomic mass is 10.1. The molecule has 0 aromatic carbocycles. The van der Waals surface area contributed by atoms with Crippen molar-refractivity contribution in [3.05, 3.63) is 39.6 Å². The normalized spacial score (nSPS) is 11.8. The number of anilines is 1. The number of fused-ring (bicyclic) bond motifs is 1. The number of halogens is 4. The second-order valence-corrected chi connectivity index (χ2v) is 7.33. The molecule has 3 aromatic heterocycles. The average Bonchev–Trinajstić information content (AvgIpc) is 3.16. The van der Waals surface area contributed by atoms with Gasteiger partial charge in [-0.25, -0.2) is 4.98 Å². The molecule has 12 heteroatoms. The maximum Gasteiger partial charge on any atom is 0.433 e. The molecule has 3 aromatic rings. The number of aryl methyl sites for hydroxylation is 2. The van der Waals surface area contributed by atoms with Crippen molar-refractivity contribution in [1.29, 1.82) is 0 Å². The number of carbonyl (C=O) groups excluding carboxylic acids is 2. The number of hydrogen-bond acceptors (Lipinski definition) is 5. The Bertz CT molecular complexity index is 1080. The molecular weight excluding hydrogens is 419 g/mol. The molecule has 7 nitrogen and oxygen atoms in total. The Kier molecular flexibility index (Phi) is 5.31. The quantitative estimate of drug-likeness (QED) is 0.644. The molecule has 0 fully saturated rings. The molecule has 0 aliphatic carbocycles. The number of nitrogens with one attached hydrogen (secondary N) is 1. The third-order valence-electron chi connectivity index (χ3n) is 3.81. The summed E-state index contributed by atoms with van der Waals surface area (Å²) in [6, 6.07) is 0.862. The van der Waals surface area contributed by atoms with Gasteiger partial charge in [0.1, 0.15) is 15.4 Å². The van der Waals surface area contributed by atoms with Crippen LogP contribution in [0.4, 0.5) is 18.9 Å². The number of aromatic nitrogens is 3. The van der Waals surface area contributed by atoms with Crippen molar-refractivity contribution in [3.8, 4) is 0 Å². The second kappa shape index (κ2) is 7.40. The Morgan fingerprint density at radius 2 is 2.11 bits per heavy atom. The van der Waals surface area contributed by atoms with Crippen molar-refractivity contribution in [1.82, 2.24) is 14.8 Å². The van der Waals surface area contributed by atoms with Gasteiger partial charge in [0, 0.05) is 24.5 Å². The van der Waals surface area contributed by atoms with Crippen molar-refractivity contribution < 1.29 is 22.8 Å². The molecular formula is C16H13ClF3N5O2S. The van der Waals surface area contributed by atoms with Gasteiger partial charge in [-0.05, 0) is 18.6 Å². The summed E-state index contributed by atoms with van der Waals surface area (Å²) in [6.45, 7) is 1.67. The van der Waals surface area contributed by atoms with Crippen LogP contribution < -0.4 is 11.1 Å². The number of pyridine rings is 1. The van der Waals surface area contributed by atoms with Crippen LogP contribution in [0.2, 0.25) is 5.02 Å². The van der Waals surface area contributed by atoms with Gasteiger partial charge in [-0.1, -0.05) is 11.6 Å². The highest BCUT2D eigenvalue weighted by molar-refractivity contribution is 7.21. The van der Waals surface area contributed by atoms with Crippen LogP contribution in [0.25, 0.3) is 10.2 Å². The summed E-state index contributed by atoms with van der Waals surface area (Å²) in [5.41, 5.74) is 4.54. The lowest BCUT2D eigenvalue weighted by molar-refractivity contribution is -0.141. The van der Waals surface area contributed by atoms with E-state index in [2.05, 4.69) is 15.4 Å². The van der Waals surface area contributed by atoms with Crippen LogP contribution in [0.15, 0.2) is 18.5 Å². The van der Waals surface area contributed by atoms with Gasteiger partial charge in [0.15, 0.2) is 0 Å². The van der Waals surface area contributed by atoms with Crippen molar-refractivity contribution in [2.45, 2.75) is 26.1 Å². The van der Waals surface area contributed by atoms with Gasteiger partial charge in [0.2, 0.25) is 5.91 Å². The molecule has 0 saturated heterocycles. The smallest absolute Gasteiger partial charge is 0.365 e. The van der Waals surface area contributed by atoms with E-state index in [-0.39, 0.29) is 39.3 Å². The van der Waals surface area contributed by atoms with Crippen LogP contribution in [0, 0.1) is 6.92 Å².